The molecule has 0 amide bonds. The molecule has 0 spiro atoms. The Kier molecular flexibility index (Phi) is 6.78. The number of imidazole rings is 1. The van der Waals surface area contributed by atoms with Crippen LogP contribution in [0.15, 0.2) is 28.8 Å². The van der Waals surface area contributed by atoms with Crippen molar-refractivity contribution in [2.75, 3.05) is 13.1 Å². The van der Waals surface area contributed by atoms with Crippen LogP contribution in [0.1, 0.15) is 36.3 Å². The zero-order chi connectivity index (χ0) is 15.6. The lowest BCUT2D eigenvalue weighted by Crippen LogP contribution is -2.33. The third-order valence-electron chi connectivity index (χ3n) is 4.43. The lowest BCUT2D eigenvalue weighted by Gasteiger charge is -2.30. The van der Waals surface area contributed by atoms with Crippen LogP contribution in [0.3, 0.4) is 0 Å². The third-order valence-corrected chi connectivity index (χ3v) is 4.43. The predicted molar refractivity (Wildman–Crippen MR) is 100 cm³/mol. The predicted octanol–water partition coefficient (Wildman–Crippen LogP) is 2.63. The van der Waals surface area contributed by atoms with E-state index in [1.54, 1.807) is 0 Å². The molecule has 9 heteroatoms. The van der Waals surface area contributed by atoms with E-state index in [-0.39, 0.29) is 24.8 Å². The lowest BCUT2D eigenvalue weighted by molar-refractivity contribution is 0.195. The van der Waals surface area contributed by atoms with Crippen LogP contribution < -0.4 is 5.73 Å². The molecule has 1 saturated heterocycles. The van der Waals surface area contributed by atoms with Crippen LogP contribution in [0.2, 0.25) is 0 Å². The molecule has 3 N–H and O–H groups in total. The van der Waals surface area contributed by atoms with Gasteiger partial charge in [0.2, 0.25) is 5.89 Å². The fraction of sp³-hybridized carbons (Fsp3) is 0.438. The number of aromatic amines is 1. The standard InChI is InChI=1S/C16H20N6O.2ClH/c17-9-15-20-14(21-23-15)10-22-7-5-11(6-8-22)16-18-12-3-1-2-4-13(12)19-16;;/h1-4,11H,5-10,17H2,(H,18,19);2*1H. The molecule has 7 nitrogen and oxygen atoms in total. The Morgan fingerprint density at radius 1 is 1.16 bits per heavy atom. The van der Waals surface area contributed by atoms with Crippen LogP contribution in [-0.4, -0.2) is 38.1 Å². The maximum Gasteiger partial charge on any atom is 0.240 e. The third kappa shape index (κ3) is 4.30. The van der Waals surface area contributed by atoms with Gasteiger partial charge in [0, 0.05) is 5.92 Å². The number of halogens is 2. The fourth-order valence-electron chi connectivity index (χ4n) is 3.17. The first-order valence-corrected chi connectivity index (χ1v) is 8.00. The van der Waals surface area contributed by atoms with Crippen LogP contribution in [0.25, 0.3) is 11.0 Å². The first-order chi connectivity index (χ1) is 11.3. The molecule has 1 aliphatic rings. The van der Waals surface area contributed by atoms with Gasteiger partial charge in [0.15, 0.2) is 5.82 Å². The van der Waals surface area contributed by atoms with Crippen molar-refractivity contribution in [2.45, 2.75) is 31.8 Å². The highest BCUT2D eigenvalue weighted by Gasteiger charge is 2.24. The van der Waals surface area contributed by atoms with Crippen molar-refractivity contribution in [3.8, 4) is 0 Å². The summed E-state index contributed by atoms with van der Waals surface area (Å²) in [6.45, 7) is 3.03. The molecule has 136 valence electrons. The number of nitrogens with one attached hydrogen (secondary N) is 1. The van der Waals surface area contributed by atoms with Gasteiger partial charge in [0.05, 0.1) is 24.1 Å². The Bertz CT molecular complexity index is 764. The minimum atomic E-state index is 0. The molecule has 4 rings (SSSR count). The number of benzene rings is 1. The first kappa shape index (κ1) is 19.7. The number of likely N-dealkylation sites (tertiary alicyclic amines) is 1. The van der Waals surface area contributed by atoms with Gasteiger partial charge in [0.25, 0.3) is 0 Å². The number of nitrogens with two attached hydrogens (primary N) is 1. The molecule has 3 aromatic rings. The molecule has 1 aromatic carbocycles. The van der Waals surface area contributed by atoms with Crippen LogP contribution in [-0.2, 0) is 13.1 Å². The fourth-order valence-corrected chi connectivity index (χ4v) is 3.17. The van der Waals surface area contributed by atoms with Crippen molar-refractivity contribution in [3.05, 3.63) is 41.8 Å². The van der Waals surface area contributed by atoms with E-state index in [9.17, 15) is 0 Å². The van der Waals surface area contributed by atoms with Crippen molar-refractivity contribution in [1.29, 1.82) is 0 Å². The van der Waals surface area contributed by atoms with Gasteiger partial charge in [0.1, 0.15) is 5.82 Å². The van der Waals surface area contributed by atoms with Crippen molar-refractivity contribution in [3.63, 3.8) is 0 Å². The van der Waals surface area contributed by atoms with Gasteiger partial charge >= 0.3 is 0 Å². The maximum atomic E-state index is 5.49. The second-order valence-corrected chi connectivity index (χ2v) is 6.00. The van der Waals surface area contributed by atoms with Gasteiger partial charge in [-0.1, -0.05) is 17.3 Å². The number of H-pyrrole nitrogens is 1. The van der Waals surface area contributed by atoms with Gasteiger partial charge in [-0.2, -0.15) is 4.98 Å². The van der Waals surface area contributed by atoms with E-state index in [1.807, 2.05) is 12.1 Å². The molecule has 2 aromatic heterocycles. The molecule has 0 unspecified atom stereocenters. The molecule has 0 saturated carbocycles. The average Bonchev–Trinajstić information content (AvgIpc) is 3.21. The van der Waals surface area contributed by atoms with E-state index in [0.717, 1.165) is 49.3 Å². The van der Waals surface area contributed by atoms with Crippen LogP contribution in [0.4, 0.5) is 0 Å². The average molecular weight is 385 g/mol. The molecular formula is C16H22Cl2N6O. The van der Waals surface area contributed by atoms with E-state index in [2.05, 4.69) is 32.2 Å². The molecule has 0 atom stereocenters. The summed E-state index contributed by atoms with van der Waals surface area (Å²) in [6.07, 6.45) is 2.17. The molecule has 1 aliphatic heterocycles. The first-order valence-electron chi connectivity index (χ1n) is 8.00. The summed E-state index contributed by atoms with van der Waals surface area (Å²) in [6, 6.07) is 8.19. The van der Waals surface area contributed by atoms with Crippen LogP contribution >= 0.6 is 24.8 Å². The molecule has 0 radical (unpaired) electrons. The van der Waals surface area contributed by atoms with E-state index >= 15 is 0 Å². The summed E-state index contributed by atoms with van der Waals surface area (Å²) in [5, 5.41) is 3.96. The lowest BCUT2D eigenvalue weighted by atomic mass is 9.96. The summed E-state index contributed by atoms with van der Waals surface area (Å²) in [5.41, 5.74) is 7.65. The highest BCUT2D eigenvalue weighted by Crippen LogP contribution is 2.28. The van der Waals surface area contributed by atoms with Gasteiger partial charge < -0.3 is 15.2 Å². The van der Waals surface area contributed by atoms with E-state index < -0.39 is 0 Å². The number of aromatic nitrogens is 4. The molecule has 25 heavy (non-hydrogen) atoms. The summed E-state index contributed by atoms with van der Waals surface area (Å²) in [5.74, 6) is 2.81. The minimum absolute atomic E-state index is 0. The Balaban J connectivity index is 0.00000113. The van der Waals surface area contributed by atoms with Gasteiger partial charge in [-0.25, -0.2) is 4.98 Å². The van der Waals surface area contributed by atoms with Crippen LogP contribution in [0, 0.1) is 0 Å². The monoisotopic (exact) mass is 384 g/mol. The topological polar surface area (TPSA) is 96.9 Å². The van der Waals surface area contributed by atoms with E-state index in [4.69, 9.17) is 15.2 Å². The van der Waals surface area contributed by atoms with Crippen molar-refractivity contribution < 1.29 is 4.52 Å². The number of hydrogen-bond donors (Lipinski definition) is 2. The molecule has 3 heterocycles. The molecule has 0 aliphatic carbocycles. The number of fused-ring (bicyclic) bond motifs is 1. The summed E-state index contributed by atoms with van der Waals surface area (Å²) >= 11 is 0. The summed E-state index contributed by atoms with van der Waals surface area (Å²) < 4.78 is 5.05. The van der Waals surface area contributed by atoms with Gasteiger partial charge in [-0.05, 0) is 38.1 Å². The highest BCUT2D eigenvalue weighted by molar-refractivity contribution is 5.85. The Labute approximate surface area is 158 Å². The van der Waals surface area contributed by atoms with E-state index in [1.165, 1.54) is 0 Å². The van der Waals surface area contributed by atoms with Gasteiger partial charge in [-0.3, -0.25) is 4.90 Å². The molecule has 1 fully saturated rings. The van der Waals surface area contributed by atoms with Crippen molar-refractivity contribution >= 4 is 35.8 Å². The summed E-state index contributed by atoms with van der Waals surface area (Å²) in [7, 11) is 0. The van der Waals surface area contributed by atoms with Crippen molar-refractivity contribution in [2.24, 2.45) is 5.73 Å². The van der Waals surface area contributed by atoms with Crippen molar-refractivity contribution in [1.82, 2.24) is 25.0 Å². The number of hydrogen-bond acceptors (Lipinski definition) is 6. The maximum absolute atomic E-state index is 5.49. The largest absolute Gasteiger partial charge is 0.342 e. The van der Waals surface area contributed by atoms with Gasteiger partial charge in [-0.15, -0.1) is 24.8 Å². The number of para-hydroxylation sites is 2. The normalized spacial score (nSPS) is 15.7. The van der Waals surface area contributed by atoms with E-state index in [0.29, 0.717) is 24.2 Å². The molecular weight excluding hydrogens is 363 g/mol. The second-order valence-electron chi connectivity index (χ2n) is 6.00. The minimum Gasteiger partial charge on any atom is -0.342 e. The smallest absolute Gasteiger partial charge is 0.240 e. The number of piperidine rings is 1. The Morgan fingerprint density at radius 2 is 1.92 bits per heavy atom. The SMILES string of the molecule is Cl.Cl.NCc1nc(CN2CCC(c3nc4ccccc4[nH]3)CC2)no1. The highest BCUT2D eigenvalue weighted by atomic mass is 35.5. The quantitative estimate of drug-likeness (QED) is 0.717. The summed E-state index contributed by atoms with van der Waals surface area (Å²) in [4.78, 5) is 14.8. The second kappa shape index (κ2) is 8.62. The van der Waals surface area contributed by atoms with Crippen LogP contribution in [0.5, 0.6) is 0 Å². The zero-order valence-electron chi connectivity index (χ0n) is 13.7. The number of nitrogens with zero attached hydrogens (tertiary/aromatic N) is 4. The Morgan fingerprint density at radius 3 is 2.60 bits per heavy atom. The molecule has 0 bridgehead atoms. The zero-order valence-corrected chi connectivity index (χ0v) is 15.4. The Hall–Kier alpha value is -1.67. The number of rotatable bonds is 4.